The van der Waals surface area contributed by atoms with Gasteiger partial charge in [0.25, 0.3) is 0 Å². The van der Waals surface area contributed by atoms with Gasteiger partial charge in [-0.05, 0) is 18.1 Å². The van der Waals surface area contributed by atoms with Gasteiger partial charge in [0.15, 0.2) is 5.78 Å². The molecule has 0 radical (unpaired) electrons. The monoisotopic (exact) mass is 202 g/mol. The third kappa shape index (κ3) is 2.64. The van der Waals surface area contributed by atoms with E-state index in [1.165, 1.54) is 0 Å². The molecule has 0 aliphatic heterocycles. The summed E-state index contributed by atoms with van der Waals surface area (Å²) in [6, 6.07) is 8.06. The molecule has 0 saturated carbocycles. The van der Waals surface area contributed by atoms with Crippen LogP contribution in [0.2, 0.25) is 0 Å². The largest absolute Gasteiger partial charge is 0.321 e. The molecule has 2 N–H and O–H groups in total. The van der Waals surface area contributed by atoms with E-state index in [0.29, 0.717) is 11.1 Å². The Morgan fingerprint density at radius 3 is 2.27 bits per heavy atom. The van der Waals surface area contributed by atoms with Gasteiger partial charge in [0.2, 0.25) is 0 Å². The number of ketones is 1. The minimum absolute atomic E-state index is 0.0745. The zero-order chi connectivity index (χ0) is 11.4. The van der Waals surface area contributed by atoms with Crippen LogP contribution in [0.1, 0.15) is 29.8 Å². The van der Waals surface area contributed by atoms with Gasteiger partial charge in [-0.3, -0.25) is 4.79 Å². The van der Waals surface area contributed by atoms with Crippen molar-refractivity contribution in [2.75, 3.05) is 0 Å². The van der Waals surface area contributed by atoms with Crippen LogP contribution in [0.25, 0.3) is 0 Å². The van der Waals surface area contributed by atoms with E-state index in [1.807, 2.05) is 19.9 Å². The molecule has 1 atom stereocenters. The van der Waals surface area contributed by atoms with Crippen molar-refractivity contribution in [3.63, 3.8) is 0 Å². The van der Waals surface area contributed by atoms with Gasteiger partial charge in [-0.25, -0.2) is 0 Å². The Bertz CT molecular complexity index is 387. The first-order chi connectivity index (χ1) is 7.06. The first kappa shape index (κ1) is 11.4. The molecule has 0 unspecified atom stereocenters. The fourth-order valence-corrected chi connectivity index (χ4v) is 1.20. The smallest absolute Gasteiger partial charge is 0.179 e. The number of nitriles is 1. The number of nitrogens with zero attached hydrogens (tertiary/aromatic N) is 1. The summed E-state index contributed by atoms with van der Waals surface area (Å²) in [4.78, 5) is 11.8. The zero-order valence-corrected chi connectivity index (χ0v) is 8.90. The quantitative estimate of drug-likeness (QED) is 0.759. The number of carbonyl (C=O) groups excluding carboxylic acids is 1. The normalized spacial score (nSPS) is 12.2. The molecule has 78 valence electrons. The highest BCUT2D eigenvalue weighted by Crippen LogP contribution is 2.09. The molecule has 0 fully saturated rings. The van der Waals surface area contributed by atoms with E-state index >= 15 is 0 Å². The highest BCUT2D eigenvalue weighted by Gasteiger charge is 2.18. The van der Waals surface area contributed by atoms with Gasteiger partial charge in [-0.1, -0.05) is 26.0 Å². The van der Waals surface area contributed by atoms with Crippen molar-refractivity contribution in [3.8, 4) is 6.07 Å². The molecule has 0 heterocycles. The minimum atomic E-state index is -0.474. The second-order valence-corrected chi connectivity index (χ2v) is 3.82. The summed E-state index contributed by atoms with van der Waals surface area (Å²) in [6.07, 6.45) is 0. The average molecular weight is 202 g/mol. The molecule has 1 rings (SSSR count). The second kappa shape index (κ2) is 4.72. The zero-order valence-electron chi connectivity index (χ0n) is 8.90. The predicted octanol–water partition coefficient (Wildman–Crippen LogP) is 1.72. The van der Waals surface area contributed by atoms with Crippen LogP contribution >= 0.6 is 0 Å². The second-order valence-electron chi connectivity index (χ2n) is 3.82. The maximum Gasteiger partial charge on any atom is 0.179 e. The molecule has 0 aliphatic rings. The van der Waals surface area contributed by atoms with Crippen LogP contribution in [0.15, 0.2) is 24.3 Å². The number of rotatable bonds is 3. The van der Waals surface area contributed by atoms with Crippen molar-refractivity contribution in [2.45, 2.75) is 19.9 Å². The van der Waals surface area contributed by atoms with Crippen LogP contribution in [0.5, 0.6) is 0 Å². The lowest BCUT2D eigenvalue weighted by Gasteiger charge is -2.13. The molecule has 0 amide bonds. The van der Waals surface area contributed by atoms with Crippen molar-refractivity contribution in [3.05, 3.63) is 35.4 Å². The van der Waals surface area contributed by atoms with E-state index < -0.39 is 6.04 Å². The Morgan fingerprint density at radius 2 is 1.87 bits per heavy atom. The van der Waals surface area contributed by atoms with Gasteiger partial charge in [-0.15, -0.1) is 0 Å². The molecule has 1 aromatic rings. The first-order valence-electron chi connectivity index (χ1n) is 4.86. The Hall–Kier alpha value is -1.66. The molecule has 0 aliphatic carbocycles. The molecule has 0 spiro atoms. The van der Waals surface area contributed by atoms with E-state index in [4.69, 9.17) is 11.0 Å². The van der Waals surface area contributed by atoms with Gasteiger partial charge in [0, 0.05) is 5.56 Å². The summed E-state index contributed by atoms with van der Waals surface area (Å²) in [6.45, 7) is 3.82. The van der Waals surface area contributed by atoms with Crippen LogP contribution in [0, 0.1) is 17.2 Å². The minimum Gasteiger partial charge on any atom is -0.321 e. The van der Waals surface area contributed by atoms with E-state index in [0.717, 1.165) is 0 Å². The number of carbonyl (C=O) groups is 1. The van der Waals surface area contributed by atoms with Gasteiger partial charge >= 0.3 is 0 Å². The highest BCUT2D eigenvalue weighted by atomic mass is 16.1. The summed E-state index contributed by atoms with van der Waals surface area (Å²) < 4.78 is 0. The molecule has 0 saturated heterocycles. The molecular weight excluding hydrogens is 188 g/mol. The van der Waals surface area contributed by atoms with Crippen molar-refractivity contribution in [1.29, 1.82) is 5.26 Å². The van der Waals surface area contributed by atoms with E-state index in [9.17, 15) is 4.79 Å². The molecule has 0 aromatic heterocycles. The number of hydrogen-bond donors (Lipinski definition) is 1. The van der Waals surface area contributed by atoms with Crippen LogP contribution in [-0.4, -0.2) is 11.8 Å². The van der Waals surface area contributed by atoms with E-state index in [1.54, 1.807) is 24.3 Å². The highest BCUT2D eigenvalue weighted by molar-refractivity contribution is 6.00. The molecule has 15 heavy (non-hydrogen) atoms. The topological polar surface area (TPSA) is 66.9 Å². The summed E-state index contributed by atoms with van der Waals surface area (Å²) >= 11 is 0. The van der Waals surface area contributed by atoms with Gasteiger partial charge in [-0.2, -0.15) is 5.26 Å². The van der Waals surface area contributed by atoms with E-state index in [2.05, 4.69) is 0 Å². The van der Waals surface area contributed by atoms with Crippen LogP contribution in [0.3, 0.4) is 0 Å². The number of nitrogens with two attached hydrogens (primary N) is 1. The van der Waals surface area contributed by atoms with Crippen molar-refractivity contribution < 1.29 is 4.79 Å². The lowest BCUT2D eigenvalue weighted by Crippen LogP contribution is -2.35. The maximum atomic E-state index is 11.8. The summed E-state index contributed by atoms with van der Waals surface area (Å²) in [5, 5.41) is 8.60. The van der Waals surface area contributed by atoms with Crippen LogP contribution in [-0.2, 0) is 0 Å². The van der Waals surface area contributed by atoms with Gasteiger partial charge in [0.1, 0.15) is 0 Å². The summed E-state index contributed by atoms with van der Waals surface area (Å²) in [5.74, 6) is 0.0441. The van der Waals surface area contributed by atoms with Crippen molar-refractivity contribution in [1.82, 2.24) is 0 Å². The predicted molar refractivity (Wildman–Crippen MR) is 58.3 cm³/mol. The molecular formula is C12H14N2O. The SMILES string of the molecule is CC(C)[C@H](N)C(=O)c1ccc(C#N)cc1. The van der Waals surface area contributed by atoms with E-state index in [-0.39, 0.29) is 11.7 Å². The maximum absolute atomic E-state index is 11.8. The Kier molecular flexibility index (Phi) is 3.59. The lowest BCUT2D eigenvalue weighted by molar-refractivity contribution is 0.0940. The third-order valence-corrected chi connectivity index (χ3v) is 2.32. The van der Waals surface area contributed by atoms with Crippen molar-refractivity contribution >= 4 is 5.78 Å². The lowest BCUT2D eigenvalue weighted by atomic mass is 9.95. The molecule has 1 aromatic carbocycles. The van der Waals surface area contributed by atoms with Gasteiger partial charge in [0.05, 0.1) is 17.7 Å². The van der Waals surface area contributed by atoms with Crippen molar-refractivity contribution in [2.24, 2.45) is 11.7 Å². The van der Waals surface area contributed by atoms with Crippen LogP contribution < -0.4 is 5.73 Å². The Labute approximate surface area is 89.5 Å². The number of hydrogen-bond acceptors (Lipinski definition) is 3. The fourth-order valence-electron chi connectivity index (χ4n) is 1.20. The standard InChI is InChI=1S/C12H14N2O/c1-8(2)11(14)12(15)10-5-3-9(7-13)4-6-10/h3-6,8,11H,14H2,1-2H3/t11-/m0/s1. The molecule has 0 bridgehead atoms. The number of Topliss-reactive ketones (excluding diaryl/α,β-unsaturated/α-hetero) is 1. The Balaban J connectivity index is 2.89. The average Bonchev–Trinajstić information content (AvgIpc) is 2.27. The Morgan fingerprint density at radius 1 is 1.33 bits per heavy atom. The number of benzene rings is 1. The fraction of sp³-hybridized carbons (Fsp3) is 0.333. The van der Waals surface area contributed by atoms with Crippen LogP contribution in [0.4, 0.5) is 0 Å². The summed E-state index contributed by atoms with van der Waals surface area (Å²) in [7, 11) is 0. The summed E-state index contributed by atoms with van der Waals surface area (Å²) in [5.41, 5.74) is 6.86. The van der Waals surface area contributed by atoms with Gasteiger partial charge < -0.3 is 5.73 Å². The first-order valence-corrected chi connectivity index (χ1v) is 4.86. The third-order valence-electron chi connectivity index (χ3n) is 2.32. The molecule has 3 nitrogen and oxygen atoms in total. The molecule has 3 heteroatoms.